The van der Waals surface area contributed by atoms with Gasteiger partial charge in [0.25, 0.3) is 0 Å². The molecule has 8 heteroatoms. The monoisotopic (exact) mass is 359 g/mol. The predicted molar refractivity (Wildman–Crippen MR) is 83.2 cm³/mol. The Kier molecular flexibility index (Phi) is 5.92. The summed E-state index contributed by atoms with van der Waals surface area (Å²) in [6.07, 6.45) is -4.27. The first-order valence-electron chi connectivity index (χ1n) is 7.96. The molecule has 1 heterocycles. The van der Waals surface area contributed by atoms with Crippen LogP contribution in [0.4, 0.5) is 13.2 Å². The molecule has 1 aliphatic rings. The summed E-state index contributed by atoms with van der Waals surface area (Å²) < 4.78 is 44.3. The van der Waals surface area contributed by atoms with Gasteiger partial charge in [-0.1, -0.05) is 18.2 Å². The number of ether oxygens (including phenoxy) is 1. The van der Waals surface area contributed by atoms with Gasteiger partial charge in [0.05, 0.1) is 18.4 Å². The van der Waals surface area contributed by atoms with Crippen molar-refractivity contribution in [3.63, 3.8) is 0 Å². The van der Waals surface area contributed by atoms with E-state index in [2.05, 4.69) is 0 Å². The molecule has 0 spiro atoms. The highest BCUT2D eigenvalue weighted by molar-refractivity contribution is 5.79. The zero-order valence-corrected chi connectivity index (χ0v) is 13.8. The van der Waals surface area contributed by atoms with Crippen LogP contribution in [-0.2, 0) is 9.59 Å². The Hall–Kier alpha value is -2.25. The molecular formula is C17H20F3NO4. The van der Waals surface area contributed by atoms with Crippen molar-refractivity contribution >= 4 is 11.9 Å². The molecule has 1 N–H and O–H groups in total. The first-order chi connectivity index (χ1) is 11.7. The third kappa shape index (κ3) is 4.87. The lowest BCUT2D eigenvalue weighted by molar-refractivity contribution is -0.188. The van der Waals surface area contributed by atoms with Crippen LogP contribution in [0, 0.1) is 18.8 Å². The summed E-state index contributed by atoms with van der Waals surface area (Å²) in [5.41, 5.74) is 0.950. The number of aliphatic carboxylic acids is 1. The molecule has 0 aliphatic carbocycles. The topological polar surface area (TPSA) is 66.8 Å². The van der Waals surface area contributed by atoms with E-state index < -0.39 is 43.0 Å². The van der Waals surface area contributed by atoms with Gasteiger partial charge in [0.1, 0.15) is 5.75 Å². The number of benzene rings is 1. The maximum atomic E-state index is 12.9. The van der Waals surface area contributed by atoms with Crippen molar-refractivity contribution in [2.75, 3.05) is 19.7 Å². The van der Waals surface area contributed by atoms with Gasteiger partial charge in [-0.3, -0.25) is 9.59 Å². The van der Waals surface area contributed by atoms with Crippen LogP contribution in [0.3, 0.4) is 0 Å². The van der Waals surface area contributed by atoms with Crippen LogP contribution < -0.4 is 4.74 Å². The Balaban J connectivity index is 1.83. The van der Waals surface area contributed by atoms with Gasteiger partial charge < -0.3 is 14.7 Å². The Morgan fingerprint density at radius 3 is 2.52 bits per heavy atom. The average molecular weight is 359 g/mol. The largest absolute Gasteiger partial charge is 0.493 e. The van der Waals surface area contributed by atoms with Crippen LogP contribution in [0.5, 0.6) is 5.75 Å². The zero-order chi connectivity index (χ0) is 18.6. The zero-order valence-electron chi connectivity index (χ0n) is 13.8. The molecule has 2 rings (SSSR count). The number of para-hydroxylation sites is 1. The smallest absolute Gasteiger partial charge is 0.394 e. The van der Waals surface area contributed by atoms with Crippen LogP contribution in [0.1, 0.15) is 18.4 Å². The van der Waals surface area contributed by atoms with Crippen molar-refractivity contribution in [3.05, 3.63) is 29.8 Å². The van der Waals surface area contributed by atoms with Gasteiger partial charge in [0, 0.05) is 19.5 Å². The minimum Gasteiger partial charge on any atom is -0.493 e. The number of carboxylic acid groups (broad SMARTS) is 1. The molecule has 1 fully saturated rings. The fourth-order valence-electron chi connectivity index (χ4n) is 2.87. The summed E-state index contributed by atoms with van der Waals surface area (Å²) >= 11 is 0. The Morgan fingerprint density at radius 2 is 1.96 bits per heavy atom. The molecule has 1 amide bonds. The molecule has 0 unspecified atom stereocenters. The first kappa shape index (κ1) is 19.1. The highest BCUT2D eigenvalue weighted by Crippen LogP contribution is 2.37. The molecule has 1 saturated heterocycles. The summed E-state index contributed by atoms with van der Waals surface area (Å²) in [4.78, 5) is 24.1. The molecule has 0 saturated carbocycles. The van der Waals surface area contributed by atoms with Crippen molar-refractivity contribution in [2.24, 2.45) is 11.8 Å². The highest BCUT2D eigenvalue weighted by Gasteiger charge is 2.53. The number of likely N-dealkylation sites (tertiary alicyclic amines) is 1. The van der Waals surface area contributed by atoms with E-state index in [-0.39, 0.29) is 13.0 Å². The number of rotatable bonds is 6. The van der Waals surface area contributed by atoms with E-state index in [1.165, 1.54) is 0 Å². The van der Waals surface area contributed by atoms with Crippen LogP contribution >= 0.6 is 0 Å². The number of carbonyl (C=O) groups excluding carboxylic acids is 1. The molecule has 5 nitrogen and oxygen atoms in total. The maximum Gasteiger partial charge on any atom is 0.394 e. The molecule has 138 valence electrons. The minimum absolute atomic E-state index is 0.0167. The van der Waals surface area contributed by atoms with E-state index in [0.29, 0.717) is 12.2 Å². The summed E-state index contributed by atoms with van der Waals surface area (Å²) in [7, 11) is 0. The predicted octanol–water partition coefficient (Wildman–Crippen LogP) is 2.88. The summed E-state index contributed by atoms with van der Waals surface area (Å²) in [6.45, 7) is 1.14. The van der Waals surface area contributed by atoms with E-state index in [0.717, 1.165) is 10.5 Å². The number of aryl methyl sites for hydroxylation is 1. The first-order valence-corrected chi connectivity index (χ1v) is 7.96. The number of amides is 1. The number of hydrogen-bond acceptors (Lipinski definition) is 3. The van der Waals surface area contributed by atoms with Crippen molar-refractivity contribution in [2.45, 2.75) is 25.9 Å². The Labute approximate surface area is 143 Å². The second-order valence-corrected chi connectivity index (χ2v) is 6.11. The fraction of sp³-hybridized carbons (Fsp3) is 0.529. The minimum atomic E-state index is -4.63. The van der Waals surface area contributed by atoms with Gasteiger partial charge in [-0.2, -0.15) is 13.2 Å². The molecule has 0 aromatic heterocycles. The number of alkyl halides is 3. The lowest BCUT2D eigenvalue weighted by Gasteiger charge is -2.18. The molecular weight excluding hydrogens is 339 g/mol. The number of halogens is 3. The summed E-state index contributed by atoms with van der Waals surface area (Å²) in [5.74, 6) is -4.93. The summed E-state index contributed by atoms with van der Waals surface area (Å²) in [5, 5.41) is 8.95. The van der Waals surface area contributed by atoms with Crippen LogP contribution in [-0.4, -0.2) is 47.8 Å². The average Bonchev–Trinajstić information content (AvgIpc) is 2.99. The van der Waals surface area contributed by atoms with Gasteiger partial charge in [-0.05, 0) is 25.0 Å². The lowest BCUT2D eigenvalue weighted by atomic mass is 9.96. The Morgan fingerprint density at radius 1 is 1.28 bits per heavy atom. The fourth-order valence-corrected chi connectivity index (χ4v) is 2.87. The van der Waals surface area contributed by atoms with E-state index >= 15 is 0 Å². The molecule has 0 bridgehead atoms. The van der Waals surface area contributed by atoms with Crippen molar-refractivity contribution in [1.82, 2.24) is 4.90 Å². The van der Waals surface area contributed by atoms with Crippen molar-refractivity contribution in [3.8, 4) is 5.75 Å². The molecule has 1 aromatic rings. The highest BCUT2D eigenvalue weighted by atomic mass is 19.4. The molecule has 1 aliphatic heterocycles. The second kappa shape index (κ2) is 7.76. The van der Waals surface area contributed by atoms with Crippen LogP contribution in [0.25, 0.3) is 0 Å². The van der Waals surface area contributed by atoms with Gasteiger partial charge >= 0.3 is 12.1 Å². The van der Waals surface area contributed by atoms with E-state index in [9.17, 15) is 22.8 Å². The third-order valence-electron chi connectivity index (χ3n) is 4.30. The third-order valence-corrected chi connectivity index (χ3v) is 4.30. The lowest BCUT2D eigenvalue weighted by Crippen LogP contribution is -2.34. The van der Waals surface area contributed by atoms with E-state index in [1.54, 1.807) is 6.07 Å². The van der Waals surface area contributed by atoms with E-state index in [1.807, 2.05) is 25.1 Å². The van der Waals surface area contributed by atoms with E-state index in [4.69, 9.17) is 9.84 Å². The van der Waals surface area contributed by atoms with Crippen molar-refractivity contribution in [1.29, 1.82) is 0 Å². The molecule has 25 heavy (non-hydrogen) atoms. The van der Waals surface area contributed by atoms with Crippen LogP contribution in [0.2, 0.25) is 0 Å². The second-order valence-electron chi connectivity index (χ2n) is 6.11. The SMILES string of the molecule is Cc1ccccc1OCCCC(=O)N1C[C@@H](C(F)(F)F)[C@H](C(=O)O)C1. The maximum absolute atomic E-state index is 12.9. The normalized spacial score (nSPS) is 20.6. The Bertz CT molecular complexity index is 633. The molecule has 1 aromatic carbocycles. The number of carboxylic acids is 1. The van der Waals surface area contributed by atoms with Crippen molar-refractivity contribution < 1.29 is 32.6 Å². The van der Waals surface area contributed by atoms with Gasteiger partial charge in [0.15, 0.2) is 0 Å². The number of carbonyl (C=O) groups is 2. The quantitative estimate of drug-likeness (QED) is 0.793. The van der Waals surface area contributed by atoms with Gasteiger partial charge in [-0.15, -0.1) is 0 Å². The molecule has 0 radical (unpaired) electrons. The van der Waals surface area contributed by atoms with Gasteiger partial charge in [0.2, 0.25) is 5.91 Å². The van der Waals surface area contributed by atoms with Gasteiger partial charge in [-0.25, -0.2) is 0 Å². The van der Waals surface area contributed by atoms with Crippen LogP contribution in [0.15, 0.2) is 24.3 Å². The number of nitrogens with zero attached hydrogens (tertiary/aromatic N) is 1. The number of hydrogen-bond donors (Lipinski definition) is 1. The standard InChI is InChI=1S/C17H20F3NO4/c1-11-5-2-3-6-14(11)25-8-4-7-15(22)21-9-12(16(23)24)13(10-21)17(18,19)20/h2-3,5-6,12-13H,4,7-10H2,1H3,(H,23,24)/t12-,13-/m1/s1. The summed E-state index contributed by atoms with van der Waals surface area (Å²) in [6, 6.07) is 7.37. The molecule has 2 atom stereocenters.